The van der Waals surface area contributed by atoms with Gasteiger partial charge in [0.25, 0.3) is 11.4 Å². The molecule has 4 aromatic rings. The van der Waals surface area contributed by atoms with Gasteiger partial charge in [-0.15, -0.1) is 0 Å². The molecule has 6 N–H and O–H groups in total. The van der Waals surface area contributed by atoms with Gasteiger partial charge in [0, 0.05) is 36.1 Å². The number of hydrogen-bond donors (Lipinski definition) is 4. The van der Waals surface area contributed by atoms with Crippen LogP contribution in [0.25, 0.3) is 0 Å². The fourth-order valence-electron chi connectivity index (χ4n) is 4.04. The summed E-state index contributed by atoms with van der Waals surface area (Å²) in [7, 11) is 0. The summed E-state index contributed by atoms with van der Waals surface area (Å²) in [6, 6.07) is 7.09. The highest BCUT2D eigenvalue weighted by Gasteiger charge is 2.25. The molecule has 0 spiro atoms. The molecule has 21 nitrogen and oxygen atoms in total. The Kier molecular flexibility index (Phi) is 19.0. The molecule has 24 heteroatoms. The monoisotopic (exact) mass is 898 g/mol. The highest BCUT2D eigenvalue weighted by molar-refractivity contribution is 6.34. The molecule has 0 fully saturated rings. The van der Waals surface area contributed by atoms with Gasteiger partial charge in [-0.3, -0.25) is 35.8 Å². The quantitative estimate of drug-likeness (QED) is 0.0816. The normalized spacial score (nSPS) is 10.7. The lowest BCUT2D eigenvalue weighted by Gasteiger charge is -2.38. The lowest BCUT2D eigenvalue weighted by Crippen LogP contribution is -2.52. The second kappa shape index (κ2) is 22.1. The SMILES string of the molecule is CC(C)(C)N(C(=O)[O-])c1ccncc1Cl.CC(C)(C)OC(=O)Nc1cc[n+](N)cc1Cl.CC(C)(C)OC(=O)Nc1cc[n+](N)cc1Cl.O=[N+]([O-])c1ccc([O-])c([N+](=O)[O-])c1. The average Bonchev–Trinajstić information content (AvgIpc) is 3.07. The van der Waals surface area contributed by atoms with Crippen LogP contribution in [0.4, 0.5) is 42.8 Å². The molecule has 3 aromatic heterocycles. The van der Waals surface area contributed by atoms with Crippen molar-refractivity contribution in [2.45, 2.75) is 79.1 Å². The van der Waals surface area contributed by atoms with Crippen molar-refractivity contribution in [3.8, 4) is 5.75 Å². The van der Waals surface area contributed by atoms with Crippen LogP contribution in [0.2, 0.25) is 15.1 Å². The van der Waals surface area contributed by atoms with Crippen LogP contribution in [0.3, 0.4) is 0 Å². The van der Waals surface area contributed by atoms with Gasteiger partial charge in [-0.2, -0.15) is 0 Å². The van der Waals surface area contributed by atoms with E-state index in [1.54, 1.807) is 92.9 Å². The Balaban J connectivity index is 0.000000401. The number of nitro groups is 2. The molecule has 0 aliphatic carbocycles. The number of carboxylic acid groups (broad SMARTS) is 1. The first-order valence-electron chi connectivity index (χ1n) is 17.0. The zero-order chi connectivity index (χ0) is 46.3. The van der Waals surface area contributed by atoms with Gasteiger partial charge in [0.05, 0.1) is 38.0 Å². The molecular formula is C36H45Cl3N10O11. The lowest BCUT2D eigenvalue weighted by molar-refractivity contribution is -0.638. The van der Waals surface area contributed by atoms with Crippen LogP contribution in [-0.4, -0.2) is 49.9 Å². The van der Waals surface area contributed by atoms with Gasteiger partial charge in [-0.05, 0) is 74.1 Å². The maximum Gasteiger partial charge on any atom is 0.412 e. The Morgan fingerprint density at radius 2 is 1.20 bits per heavy atom. The van der Waals surface area contributed by atoms with Crippen molar-refractivity contribution in [3.63, 3.8) is 0 Å². The minimum absolute atomic E-state index is 0.289. The molecule has 0 saturated carbocycles. The number of nitro benzene ring substituents is 2. The smallest absolute Gasteiger partial charge is 0.412 e. The largest absolute Gasteiger partial charge is 0.868 e. The molecule has 3 heterocycles. The van der Waals surface area contributed by atoms with Crippen molar-refractivity contribution in [3.05, 3.63) is 109 Å². The van der Waals surface area contributed by atoms with Gasteiger partial charge in [-0.25, -0.2) is 21.3 Å². The molecule has 326 valence electrons. The van der Waals surface area contributed by atoms with E-state index >= 15 is 0 Å². The molecule has 4 rings (SSSR count). The predicted octanol–water partition coefficient (Wildman–Crippen LogP) is 5.64. The summed E-state index contributed by atoms with van der Waals surface area (Å²) in [5.74, 6) is 10.1. The second-order valence-electron chi connectivity index (χ2n) is 14.8. The number of rotatable bonds is 5. The standard InChI is InChI=1S/2C10H14ClN3O2.C10H13ClN2O2.C6H4N2O5/c2*1-10(2,3)16-9(15)13-8-4-5-14(12)6-7(8)11;1-10(2,3)13(9(14)15)8-4-5-12-6-7(8)11;9-6-2-1-4(7(10)11)3-5(6)8(12)13/h2*4-6H,12H2,1-3H3;4-6H,1-3H3,(H,14,15);1-3,9H. The first kappa shape index (κ1) is 51.6. The van der Waals surface area contributed by atoms with Crippen LogP contribution in [0.15, 0.2) is 73.6 Å². The third-order valence-corrected chi connectivity index (χ3v) is 7.23. The van der Waals surface area contributed by atoms with Crippen molar-refractivity contribution in [1.82, 2.24) is 4.98 Å². The molecule has 60 heavy (non-hydrogen) atoms. The van der Waals surface area contributed by atoms with Gasteiger partial charge in [0.1, 0.15) is 27.3 Å². The van der Waals surface area contributed by atoms with Crippen LogP contribution >= 0.6 is 34.8 Å². The van der Waals surface area contributed by atoms with Crippen LogP contribution < -0.4 is 46.8 Å². The number of nitrogens with zero attached hydrogens (tertiary/aromatic N) is 6. The summed E-state index contributed by atoms with van der Waals surface area (Å²) in [5, 5.41) is 48.2. The van der Waals surface area contributed by atoms with E-state index in [1.165, 1.54) is 34.1 Å². The van der Waals surface area contributed by atoms with E-state index in [1.807, 2.05) is 0 Å². The van der Waals surface area contributed by atoms with Crippen LogP contribution in [0.5, 0.6) is 5.75 Å². The molecule has 0 aliphatic heterocycles. The van der Waals surface area contributed by atoms with Gasteiger partial charge in [-0.1, -0.05) is 50.2 Å². The summed E-state index contributed by atoms with van der Waals surface area (Å²) in [5.41, 5.74) is -1.64. The Bertz CT molecular complexity index is 2080. The molecule has 0 bridgehead atoms. The van der Waals surface area contributed by atoms with Crippen LogP contribution in [0.1, 0.15) is 62.3 Å². The number of aromatic nitrogens is 3. The number of nitrogen functional groups attached to an aromatic ring is 2. The van der Waals surface area contributed by atoms with E-state index in [0.717, 1.165) is 17.0 Å². The van der Waals surface area contributed by atoms with Crippen LogP contribution in [-0.2, 0) is 9.47 Å². The molecular weight excluding hydrogens is 855 g/mol. The first-order chi connectivity index (χ1) is 27.4. The highest BCUT2D eigenvalue weighted by Crippen LogP contribution is 2.30. The van der Waals surface area contributed by atoms with E-state index in [2.05, 4.69) is 15.6 Å². The number of pyridine rings is 3. The Morgan fingerprint density at radius 3 is 1.53 bits per heavy atom. The minimum Gasteiger partial charge on any atom is -0.868 e. The molecule has 0 atom stereocenters. The number of non-ortho nitro benzene ring substituents is 1. The van der Waals surface area contributed by atoms with Crippen molar-refractivity contribution >= 4 is 81.5 Å². The maximum atomic E-state index is 11.4. The second-order valence-corrected chi connectivity index (χ2v) is 16.0. The molecule has 0 aliphatic rings. The van der Waals surface area contributed by atoms with Crippen LogP contribution in [0, 0.1) is 20.2 Å². The third-order valence-electron chi connectivity index (χ3n) is 6.33. The number of hydrogen-bond acceptors (Lipinski definition) is 14. The van der Waals surface area contributed by atoms with E-state index < -0.39 is 62.0 Å². The zero-order valence-electron chi connectivity index (χ0n) is 33.9. The first-order valence-corrected chi connectivity index (χ1v) is 18.2. The van der Waals surface area contributed by atoms with Crippen molar-refractivity contribution in [1.29, 1.82) is 0 Å². The summed E-state index contributed by atoms with van der Waals surface area (Å²) < 4.78 is 12.7. The number of anilines is 3. The number of nitrogens with one attached hydrogen (secondary N) is 2. The van der Waals surface area contributed by atoms with Gasteiger partial charge < -0.3 is 29.4 Å². The maximum absolute atomic E-state index is 11.4. The Labute approximate surface area is 359 Å². The fourth-order valence-corrected chi connectivity index (χ4v) is 4.69. The number of benzene rings is 1. The van der Waals surface area contributed by atoms with Crippen molar-refractivity contribution in [2.75, 3.05) is 27.2 Å². The summed E-state index contributed by atoms with van der Waals surface area (Å²) in [6.45, 7) is 16.0. The molecule has 0 saturated heterocycles. The molecule has 0 unspecified atom stereocenters. The minimum atomic E-state index is -1.28. The van der Waals surface area contributed by atoms with E-state index in [4.69, 9.17) is 56.0 Å². The van der Waals surface area contributed by atoms with E-state index in [9.17, 15) is 44.8 Å². The van der Waals surface area contributed by atoms with Crippen molar-refractivity contribution in [2.24, 2.45) is 0 Å². The topological polar surface area (TPSA) is 302 Å². The summed E-state index contributed by atoms with van der Waals surface area (Å²) in [6.07, 6.45) is 6.60. The zero-order valence-corrected chi connectivity index (χ0v) is 36.2. The van der Waals surface area contributed by atoms with Gasteiger partial charge in [0.15, 0.2) is 0 Å². The number of carbonyl (C=O) groups is 3. The molecule has 3 amide bonds. The number of carbonyl (C=O) groups excluding carboxylic acids is 3. The van der Waals surface area contributed by atoms with E-state index in [-0.39, 0.29) is 5.02 Å². The predicted molar refractivity (Wildman–Crippen MR) is 219 cm³/mol. The fraction of sp³-hybridized carbons (Fsp3) is 0.333. The summed E-state index contributed by atoms with van der Waals surface area (Å²) >= 11 is 17.6. The van der Waals surface area contributed by atoms with E-state index in [0.29, 0.717) is 33.2 Å². The number of nitrogens with two attached hydrogens (primary N) is 2. The molecule has 0 radical (unpaired) electrons. The van der Waals surface area contributed by atoms with Gasteiger partial charge >= 0.3 is 12.2 Å². The van der Waals surface area contributed by atoms with Crippen molar-refractivity contribution < 1.29 is 53.3 Å². The molecule has 1 aromatic carbocycles. The van der Waals surface area contributed by atoms with Gasteiger partial charge in [0.2, 0.25) is 24.8 Å². The average molecular weight is 900 g/mol. The number of halogens is 3. The number of amides is 3. The Hall–Kier alpha value is -6.45. The third kappa shape index (κ3) is 18.9. The Morgan fingerprint density at radius 1 is 0.750 bits per heavy atom. The number of ether oxygens (including phenoxy) is 2. The highest BCUT2D eigenvalue weighted by atomic mass is 35.5. The summed E-state index contributed by atoms with van der Waals surface area (Å²) in [4.78, 5) is 57.4. The lowest BCUT2D eigenvalue weighted by atomic mass is 10.1.